The van der Waals surface area contributed by atoms with E-state index in [4.69, 9.17) is 19.8 Å². The van der Waals surface area contributed by atoms with Crippen LogP contribution in [0.4, 0.5) is 0 Å². The fourth-order valence-electron chi connectivity index (χ4n) is 1.49. The van der Waals surface area contributed by atoms with Gasteiger partial charge in [0.2, 0.25) is 0 Å². The van der Waals surface area contributed by atoms with Crippen LogP contribution in [0.25, 0.3) is 0 Å². The van der Waals surface area contributed by atoms with E-state index in [9.17, 15) is 24.4 Å². The van der Waals surface area contributed by atoms with Crippen LogP contribution in [0, 0.1) is 0 Å². The minimum Gasteiger partial charge on any atom is -0.394 e. The summed E-state index contributed by atoms with van der Waals surface area (Å²) in [5.74, 6) is 0. The molecule has 14 heteroatoms. The Hall–Kier alpha value is 0.0600. The Kier molecular flexibility index (Phi) is 5.83. The standard InChI is InChI=1S/C6H14O12P2/c7-1-2-3(8)4(9)5(6(10)16-2)17-20(14,15)18-19(11,12)13/h2-10H,1H2,(H,14,15)(H2,11,12,13)/t2-,3-,4+,5-,6+/m1/s1. The molecular weight excluding hydrogens is 326 g/mol. The van der Waals surface area contributed by atoms with Crippen molar-refractivity contribution in [2.45, 2.75) is 30.7 Å². The smallest absolute Gasteiger partial charge is 0.394 e. The van der Waals surface area contributed by atoms with E-state index in [-0.39, 0.29) is 0 Å². The van der Waals surface area contributed by atoms with Gasteiger partial charge in [0.05, 0.1) is 6.61 Å². The van der Waals surface area contributed by atoms with Gasteiger partial charge in [-0.05, 0) is 0 Å². The highest BCUT2D eigenvalue weighted by molar-refractivity contribution is 7.60. The van der Waals surface area contributed by atoms with Crippen molar-refractivity contribution in [2.75, 3.05) is 6.61 Å². The van der Waals surface area contributed by atoms with Crippen molar-refractivity contribution in [3.63, 3.8) is 0 Å². The molecule has 120 valence electrons. The van der Waals surface area contributed by atoms with Gasteiger partial charge in [-0.1, -0.05) is 0 Å². The Labute approximate surface area is 112 Å². The third-order valence-electron chi connectivity index (χ3n) is 2.31. The maximum Gasteiger partial charge on any atom is 0.481 e. The van der Waals surface area contributed by atoms with Crippen molar-refractivity contribution in [3.05, 3.63) is 0 Å². The molecule has 0 aromatic heterocycles. The van der Waals surface area contributed by atoms with Gasteiger partial charge in [0.1, 0.15) is 24.4 Å². The lowest BCUT2D eigenvalue weighted by Gasteiger charge is -2.39. The molecule has 0 aromatic rings. The van der Waals surface area contributed by atoms with Crippen LogP contribution in [-0.2, 0) is 22.7 Å². The number of ether oxygens (including phenoxy) is 1. The van der Waals surface area contributed by atoms with Crippen LogP contribution in [0.2, 0.25) is 0 Å². The first-order valence-corrected chi connectivity index (χ1v) is 8.08. The van der Waals surface area contributed by atoms with Crippen molar-refractivity contribution < 1.29 is 57.8 Å². The average molecular weight is 340 g/mol. The Balaban J connectivity index is 2.81. The van der Waals surface area contributed by atoms with E-state index in [0.29, 0.717) is 0 Å². The van der Waals surface area contributed by atoms with E-state index >= 15 is 0 Å². The first kappa shape index (κ1) is 18.1. The van der Waals surface area contributed by atoms with E-state index < -0.39 is 53.0 Å². The molecule has 0 saturated carbocycles. The number of rotatable bonds is 5. The second-order valence-electron chi connectivity index (χ2n) is 3.84. The molecule has 1 saturated heterocycles. The summed E-state index contributed by atoms with van der Waals surface area (Å²) in [6, 6.07) is 0. The zero-order valence-corrected chi connectivity index (χ0v) is 11.4. The van der Waals surface area contributed by atoms with Crippen LogP contribution >= 0.6 is 15.6 Å². The number of hydrogen-bond acceptors (Lipinski definition) is 9. The predicted molar refractivity (Wildman–Crippen MR) is 57.8 cm³/mol. The molecule has 7 N–H and O–H groups in total. The fraction of sp³-hybridized carbons (Fsp3) is 1.00. The van der Waals surface area contributed by atoms with E-state index in [2.05, 4.69) is 13.6 Å². The minimum atomic E-state index is -5.37. The molecule has 0 aromatic carbocycles. The first-order valence-electron chi connectivity index (χ1n) is 5.05. The molecule has 0 amide bonds. The monoisotopic (exact) mass is 340 g/mol. The molecule has 0 spiro atoms. The summed E-state index contributed by atoms with van der Waals surface area (Å²) in [4.78, 5) is 25.8. The molecular formula is C6H14O12P2. The Morgan fingerprint density at radius 2 is 1.60 bits per heavy atom. The lowest BCUT2D eigenvalue weighted by molar-refractivity contribution is -0.282. The third-order valence-corrected chi connectivity index (χ3v) is 4.49. The van der Waals surface area contributed by atoms with Gasteiger partial charge < -0.3 is 39.8 Å². The van der Waals surface area contributed by atoms with E-state index in [1.165, 1.54) is 0 Å². The molecule has 1 aliphatic heterocycles. The summed E-state index contributed by atoms with van der Waals surface area (Å²) in [6.07, 6.45) is -9.21. The van der Waals surface area contributed by atoms with E-state index in [1.807, 2.05) is 0 Å². The molecule has 1 aliphatic rings. The third kappa shape index (κ3) is 4.81. The minimum absolute atomic E-state index is 0.766. The fourth-order valence-corrected chi connectivity index (χ4v) is 3.26. The van der Waals surface area contributed by atoms with Crippen LogP contribution in [0.5, 0.6) is 0 Å². The van der Waals surface area contributed by atoms with Crippen molar-refractivity contribution in [1.82, 2.24) is 0 Å². The average Bonchev–Trinajstić information content (AvgIpc) is 2.26. The van der Waals surface area contributed by atoms with Crippen LogP contribution in [-0.4, -0.2) is 72.4 Å². The Morgan fingerprint density at radius 1 is 1.05 bits per heavy atom. The zero-order chi connectivity index (χ0) is 15.7. The first-order chi connectivity index (χ1) is 8.97. The number of aliphatic hydroxyl groups is 4. The maximum atomic E-state index is 11.3. The van der Waals surface area contributed by atoms with Gasteiger partial charge in [0.15, 0.2) is 6.29 Å². The normalized spacial score (nSPS) is 38.5. The van der Waals surface area contributed by atoms with Gasteiger partial charge in [-0.2, -0.15) is 4.31 Å². The lowest BCUT2D eigenvalue weighted by Crippen LogP contribution is -2.59. The number of hydrogen-bond donors (Lipinski definition) is 7. The van der Waals surface area contributed by atoms with Crippen molar-refractivity contribution in [1.29, 1.82) is 0 Å². The quantitative estimate of drug-likeness (QED) is 0.250. The molecule has 0 aliphatic carbocycles. The van der Waals surface area contributed by atoms with Crippen LogP contribution in [0.15, 0.2) is 0 Å². The maximum absolute atomic E-state index is 11.3. The Bertz CT molecular complexity index is 420. The molecule has 1 heterocycles. The Morgan fingerprint density at radius 3 is 2.05 bits per heavy atom. The summed E-state index contributed by atoms with van der Waals surface area (Å²) < 4.78 is 33.9. The summed E-state index contributed by atoms with van der Waals surface area (Å²) in [5, 5.41) is 37.2. The van der Waals surface area contributed by atoms with Crippen LogP contribution < -0.4 is 0 Å². The summed E-state index contributed by atoms with van der Waals surface area (Å²) in [5.41, 5.74) is 0. The number of phosphoric acid groups is 2. The van der Waals surface area contributed by atoms with E-state index in [1.54, 1.807) is 0 Å². The highest BCUT2D eigenvalue weighted by Crippen LogP contribution is 2.58. The van der Waals surface area contributed by atoms with Crippen LogP contribution in [0.1, 0.15) is 0 Å². The largest absolute Gasteiger partial charge is 0.481 e. The topological polar surface area (TPSA) is 203 Å². The molecule has 6 atom stereocenters. The predicted octanol–water partition coefficient (Wildman–Crippen LogP) is -2.99. The molecule has 0 bridgehead atoms. The summed E-state index contributed by atoms with van der Waals surface area (Å²) >= 11 is 0. The molecule has 20 heavy (non-hydrogen) atoms. The van der Waals surface area contributed by atoms with Crippen LogP contribution in [0.3, 0.4) is 0 Å². The molecule has 1 rings (SSSR count). The highest BCUT2D eigenvalue weighted by Gasteiger charge is 2.48. The zero-order valence-electron chi connectivity index (χ0n) is 9.66. The second kappa shape index (κ2) is 6.44. The van der Waals surface area contributed by atoms with E-state index in [0.717, 1.165) is 0 Å². The van der Waals surface area contributed by atoms with Crippen molar-refractivity contribution in [2.24, 2.45) is 0 Å². The molecule has 0 radical (unpaired) electrons. The van der Waals surface area contributed by atoms with Gasteiger partial charge in [-0.15, -0.1) is 0 Å². The summed E-state index contributed by atoms with van der Waals surface area (Å²) in [7, 11) is -10.7. The number of aliphatic hydroxyl groups excluding tert-OH is 4. The summed E-state index contributed by atoms with van der Waals surface area (Å²) in [6.45, 7) is -0.766. The van der Waals surface area contributed by atoms with Gasteiger partial charge in [0.25, 0.3) is 0 Å². The second-order valence-corrected chi connectivity index (χ2v) is 6.62. The van der Waals surface area contributed by atoms with Crippen molar-refractivity contribution in [3.8, 4) is 0 Å². The van der Waals surface area contributed by atoms with Gasteiger partial charge >= 0.3 is 15.6 Å². The molecule has 1 fully saturated rings. The van der Waals surface area contributed by atoms with Gasteiger partial charge in [0, 0.05) is 0 Å². The van der Waals surface area contributed by atoms with Gasteiger partial charge in [-0.3, -0.25) is 4.52 Å². The number of phosphoric ester groups is 1. The highest BCUT2D eigenvalue weighted by atomic mass is 31.3. The molecule has 1 unspecified atom stereocenters. The SMILES string of the molecule is O=P(O)(O)OP(=O)(O)O[C@@H]1[C@@H](O)[C@H](O)[C@@H](CO)O[C@@H]1O. The van der Waals surface area contributed by atoms with Gasteiger partial charge in [-0.25, -0.2) is 9.13 Å². The van der Waals surface area contributed by atoms with Crippen molar-refractivity contribution >= 4 is 15.6 Å². The molecule has 12 nitrogen and oxygen atoms in total. The lowest BCUT2D eigenvalue weighted by atomic mass is 9.99.